The lowest BCUT2D eigenvalue weighted by Crippen LogP contribution is -2.59. The third-order valence-corrected chi connectivity index (χ3v) is 3.37. The molecule has 2 bridgehead atoms. The molecule has 74 valence electrons. The molecule has 0 atom stereocenters. The van der Waals surface area contributed by atoms with Crippen LogP contribution in [0.4, 0.5) is 0 Å². The van der Waals surface area contributed by atoms with Crippen LogP contribution in [0.2, 0.25) is 0 Å². The smallest absolute Gasteiger partial charge is 0.226 e. The van der Waals surface area contributed by atoms with Crippen molar-refractivity contribution in [3.05, 3.63) is 0 Å². The summed E-state index contributed by atoms with van der Waals surface area (Å²) in [4.78, 5) is 14.1. The monoisotopic (exact) mass is 181 g/mol. The first-order valence-electron chi connectivity index (χ1n) is 5.33. The minimum Gasteiger partial charge on any atom is -0.335 e. The predicted octanol–water partition coefficient (Wildman–Crippen LogP) is 2.19. The van der Waals surface area contributed by atoms with Crippen LogP contribution in [-0.4, -0.2) is 22.4 Å². The quantitative estimate of drug-likeness (QED) is 0.561. The summed E-state index contributed by atoms with van der Waals surface area (Å²) in [5.74, 6) is 0.763. The molecule has 2 heteroatoms. The second-order valence-electron chi connectivity index (χ2n) is 5.38. The Morgan fingerprint density at radius 3 is 2.00 bits per heavy atom. The molecular weight excluding hydrogens is 162 g/mol. The molecular formula is C11H19NO. The minimum atomic E-state index is 0.0286. The van der Waals surface area contributed by atoms with Gasteiger partial charge in [0.1, 0.15) is 0 Å². The van der Waals surface area contributed by atoms with Crippen LogP contribution in [0.1, 0.15) is 46.5 Å². The number of piperidine rings is 2. The Morgan fingerprint density at radius 2 is 1.69 bits per heavy atom. The zero-order valence-corrected chi connectivity index (χ0v) is 8.84. The van der Waals surface area contributed by atoms with Crippen LogP contribution in [0.5, 0.6) is 0 Å². The van der Waals surface area contributed by atoms with Crippen LogP contribution < -0.4 is 0 Å². The maximum atomic E-state index is 12.0. The van der Waals surface area contributed by atoms with Crippen molar-refractivity contribution in [2.45, 2.75) is 58.0 Å². The summed E-state index contributed by atoms with van der Waals surface area (Å²) in [6.07, 6.45) is 4.73. The Morgan fingerprint density at radius 1 is 1.15 bits per heavy atom. The Bertz CT molecular complexity index is 221. The average molecular weight is 181 g/mol. The molecule has 0 radical (unpaired) electrons. The molecule has 0 aromatic carbocycles. The number of hydrogen-bond acceptors (Lipinski definition) is 1. The van der Waals surface area contributed by atoms with E-state index in [0.29, 0.717) is 17.9 Å². The van der Waals surface area contributed by atoms with Gasteiger partial charge in [0.25, 0.3) is 0 Å². The second kappa shape index (κ2) is 2.73. The number of carbonyl (C=O) groups excluding carboxylic acids is 1. The fourth-order valence-corrected chi connectivity index (χ4v) is 2.84. The molecule has 13 heavy (non-hydrogen) atoms. The van der Waals surface area contributed by atoms with E-state index in [9.17, 15) is 4.79 Å². The first-order valence-corrected chi connectivity index (χ1v) is 5.33. The van der Waals surface area contributed by atoms with Crippen molar-refractivity contribution >= 4 is 5.91 Å². The maximum Gasteiger partial charge on any atom is 0.226 e. The first-order chi connectivity index (χ1) is 6.00. The summed E-state index contributed by atoms with van der Waals surface area (Å²) in [5.41, 5.74) is 0.0286. The Hall–Kier alpha value is -0.530. The standard InChI is InChI=1S/C11H19NO/c1-11(2,3)12-9-6-4-8(5-7-9)10(12)13/h8-9H,4-7H2,1-3H3. The number of amides is 1. The fraction of sp³-hybridized carbons (Fsp3) is 0.909. The molecule has 1 amide bonds. The highest BCUT2D eigenvalue weighted by atomic mass is 16.2. The van der Waals surface area contributed by atoms with E-state index in [4.69, 9.17) is 0 Å². The van der Waals surface area contributed by atoms with Crippen molar-refractivity contribution in [3.63, 3.8) is 0 Å². The van der Waals surface area contributed by atoms with Crippen LogP contribution in [0.25, 0.3) is 0 Å². The lowest BCUT2D eigenvalue weighted by molar-refractivity contribution is -0.154. The van der Waals surface area contributed by atoms with Crippen LogP contribution >= 0.6 is 0 Å². The van der Waals surface area contributed by atoms with Crippen LogP contribution in [-0.2, 0) is 4.79 Å². The summed E-state index contributed by atoms with van der Waals surface area (Å²) >= 11 is 0. The van der Waals surface area contributed by atoms with E-state index in [2.05, 4.69) is 25.7 Å². The lowest BCUT2D eigenvalue weighted by atomic mass is 9.77. The van der Waals surface area contributed by atoms with Crippen LogP contribution in [0, 0.1) is 5.92 Å². The summed E-state index contributed by atoms with van der Waals surface area (Å²) in [7, 11) is 0. The molecule has 1 aliphatic carbocycles. The van der Waals surface area contributed by atoms with Gasteiger partial charge in [0.05, 0.1) is 0 Å². The Labute approximate surface area is 80.3 Å². The van der Waals surface area contributed by atoms with Gasteiger partial charge in [-0.05, 0) is 46.5 Å². The Kier molecular flexibility index (Phi) is 1.90. The number of hydrogen-bond donors (Lipinski definition) is 0. The van der Waals surface area contributed by atoms with E-state index in [1.807, 2.05) is 0 Å². The molecule has 2 heterocycles. The second-order valence-corrected chi connectivity index (χ2v) is 5.38. The number of fused-ring (bicyclic) bond motifs is 3. The zero-order valence-electron chi connectivity index (χ0n) is 8.84. The summed E-state index contributed by atoms with van der Waals surface area (Å²) in [6, 6.07) is 0.539. The Balaban J connectivity index is 2.24. The summed E-state index contributed by atoms with van der Waals surface area (Å²) in [5, 5.41) is 0. The predicted molar refractivity (Wildman–Crippen MR) is 52.3 cm³/mol. The van der Waals surface area contributed by atoms with E-state index in [1.54, 1.807) is 0 Å². The summed E-state index contributed by atoms with van der Waals surface area (Å²) in [6.45, 7) is 6.43. The normalized spacial score (nSPS) is 34.1. The van der Waals surface area contributed by atoms with Gasteiger partial charge in [0.15, 0.2) is 0 Å². The van der Waals surface area contributed by atoms with Crippen molar-refractivity contribution < 1.29 is 4.79 Å². The van der Waals surface area contributed by atoms with Crippen molar-refractivity contribution in [1.29, 1.82) is 0 Å². The molecule has 3 fully saturated rings. The lowest BCUT2D eigenvalue weighted by Gasteiger charge is -2.51. The highest BCUT2D eigenvalue weighted by Gasteiger charge is 2.44. The van der Waals surface area contributed by atoms with Gasteiger partial charge in [-0.25, -0.2) is 0 Å². The third-order valence-electron chi connectivity index (χ3n) is 3.37. The highest BCUT2D eigenvalue weighted by molar-refractivity contribution is 5.81. The molecule has 2 saturated heterocycles. The van der Waals surface area contributed by atoms with Gasteiger partial charge < -0.3 is 4.90 Å². The fourth-order valence-electron chi connectivity index (χ4n) is 2.84. The van der Waals surface area contributed by atoms with Gasteiger partial charge in [-0.2, -0.15) is 0 Å². The van der Waals surface area contributed by atoms with Gasteiger partial charge in [-0.1, -0.05) is 0 Å². The minimum absolute atomic E-state index is 0.0286. The number of carbonyl (C=O) groups is 1. The van der Waals surface area contributed by atoms with Crippen molar-refractivity contribution in [1.82, 2.24) is 4.90 Å². The van der Waals surface area contributed by atoms with Crippen molar-refractivity contribution in [2.24, 2.45) is 5.92 Å². The van der Waals surface area contributed by atoms with E-state index in [-0.39, 0.29) is 5.54 Å². The molecule has 3 aliphatic rings. The highest BCUT2D eigenvalue weighted by Crippen LogP contribution is 2.39. The summed E-state index contributed by atoms with van der Waals surface area (Å²) < 4.78 is 0. The molecule has 0 N–H and O–H groups in total. The topological polar surface area (TPSA) is 20.3 Å². The molecule has 3 rings (SSSR count). The van der Waals surface area contributed by atoms with E-state index < -0.39 is 0 Å². The zero-order chi connectivity index (χ0) is 9.64. The van der Waals surface area contributed by atoms with Crippen molar-refractivity contribution in [2.75, 3.05) is 0 Å². The molecule has 2 aliphatic heterocycles. The third kappa shape index (κ3) is 1.36. The van der Waals surface area contributed by atoms with Crippen molar-refractivity contribution in [3.8, 4) is 0 Å². The van der Waals surface area contributed by atoms with Gasteiger partial charge in [-0.15, -0.1) is 0 Å². The molecule has 2 nitrogen and oxygen atoms in total. The van der Waals surface area contributed by atoms with E-state index >= 15 is 0 Å². The molecule has 0 spiro atoms. The SMILES string of the molecule is CC(C)(C)N1C(=O)C2CCC1CC2. The van der Waals surface area contributed by atoms with Crippen LogP contribution in [0.3, 0.4) is 0 Å². The molecule has 0 aromatic heterocycles. The number of rotatable bonds is 0. The number of nitrogens with zero attached hydrogens (tertiary/aromatic N) is 1. The maximum absolute atomic E-state index is 12.0. The molecule has 1 saturated carbocycles. The van der Waals surface area contributed by atoms with E-state index in [0.717, 1.165) is 12.8 Å². The average Bonchev–Trinajstić information content (AvgIpc) is 2.03. The molecule has 0 aromatic rings. The van der Waals surface area contributed by atoms with E-state index in [1.165, 1.54) is 12.8 Å². The van der Waals surface area contributed by atoms with Gasteiger partial charge in [0, 0.05) is 17.5 Å². The van der Waals surface area contributed by atoms with Gasteiger partial charge in [0.2, 0.25) is 5.91 Å². The largest absolute Gasteiger partial charge is 0.335 e. The first kappa shape index (κ1) is 9.04. The van der Waals surface area contributed by atoms with Gasteiger partial charge in [-0.3, -0.25) is 4.79 Å². The molecule has 0 unspecified atom stereocenters. The van der Waals surface area contributed by atoms with Gasteiger partial charge >= 0.3 is 0 Å². The van der Waals surface area contributed by atoms with Crippen LogP contribution in [0.15, 0.2) is 0 Å².